The van der Waals surface area contributed by atoms with Crippen LogP contribution in [0, 0.1) is 17.1 Å². The van der Waals surface area contributed by atoms with Gasteiger partial charge in [0.05, 0.1) is 17.3 Å². The minimum absolute atomic E-state index is 0.0486. The lowest BCUT2D eigenvalue weighted by atomic mass is 9.97. The molecular formula is C28H25ClFN5O2. The van der Waals surface area contributed by atoms with Gasteiger partial charge in [-0.3, -0.25) is 4.79 Å². The zero-order chi connectivity index (χ0) is 26.2. The molecule has 3 aromatic rings. The Balaban J connectivity index is 1.29. The molecule has 1 aliphatic heterocycles. The van der Waals surface area contributed by atoms with E-state index in [0.717, 1.165) is 11.1 Å². The first-order chi connectivity index (χ1) is 17.8. The van der Waals surface area contributed by atoms with Crippen LogP contribution in [0.2, 0.25) is 5.02 Å². The number of carbonyl (C=O) groups is 2. The number of nitrogens with one attached hydrogen (secondary N) is 2. The molecule has 2 aliphatic rings. The third kappa shape index (κ3) is 5.01. The van der Waals surface area contributed by atoms with Crippen molar-refractivity contribution in [3.8, 4) is 6.07 Å². The highest BCUT2D eigenvalue weighted by Crippen LogP contribution is 2.56. The predicted molar refractivity (Wildman–Crippen MR) is 140 cm³/mol. The first-order valence-corrected chi connectivity index (χ1v) is 12.4. The van der Waals surface area contributed by atoms with E-state index >= 15 is 0 Å². The van der Waals surface area contributed by atoms with Crippen molar-refractivity contribution in [1.82, 2.24) is 4.90 Å². The molecule has 3 aromatic carbocycles. The summed E-state index contributed by atoms with van der Waals surface area (Å²) in [7, 11) is 0. The number of carbonyl (C=O) groups excluding carboxylic acids is 2. The van der Waals surface area contributed by atoms with Gasteiger partial charge in [0.1, 0.15) is 11.9 Å². The van der Waals surface area contributed by atoms with Gasteiger partial charge in [0, 0.05) is 28.7 Å². The van der Waals surface area contributed by atoms with Crippen LogP contribution in [0.5, 0.6) is 0 Å². The number of hydrogen-bond acceptors (Lipinski definition) is 4. The van der Waals surface area contributed by atoms with Crippen molar-refractivity contribution in [1.29, 1.82) is 5.26 Å². The van der Waals surface area contributed by atoms with Crippen LogP contribution in [-0.4, -0.2) is 29.4 Å². The van der Waals surface area contributed by atoms with E-state index in [1.807, 2.05) is 6.07 Å². The number of nitriles is 1. The van der Waals surface area contributed by atoms with Crippen molar-refractivity contribution in [2.24, 2.45) is 5.73 Å². The third-order valence-corrected chi connectivity index (χ3v) is 7.35. The lowest BCUT2D eigenvalue weighted by molar-refractivity contribution is -0.119. The molecule has 0 bridgehead atoms. The fourth-order valence-electron chi connectivity index (χ4n) is 4.97. The topological polar surface area (TPSA) is 111 Å². The van der Waals surface area contributed by atoms with Crippen molar-refractivity contribution < 1.29 is 14.0 Å². The highest BCUT2D eigenvalue weighted by molar-refractivity contribution is 6.30. The molecule has 1 saturated carbocycles. The number of hydrogen-bond donors (Lipinski definition) is 3. The standard InChI is InChI=1S/C28H25ClFN5O2/c29-20-7-9-21(10-8-20)33-27(37)35-12-2-5-25(35)26(36)34-24-14-18(6-11-23(24)30)22-15-28(22,32)19-4-1-3-17(13-19)16-31/h1,3-4,6-11,13-14,22,25H,2,5,12,15,32H2,(H,33,37)(H,34,36)/t22?,25-,28?/m0/s1. The van der Waals surface area contributed by atoms with E-state index in [9.17, 15) is 19.2 Å². The third-order valence-electron chi connectivity index (χ3n) is 7.10. The molecule has 2 unspecified atom stereocenters. The second kappa shape index (κ2) is 9.85. The van der Waals surface area contributed by atoms with Crippen LogP contribution in [-0.2, 0) is 10.3 Å². The molecule has 9 heteroatoms. The molecule has 1 aliphatic carbocycles. The number of likely N-dealkylation sites (tertiary alicyclic amines) is 1. The van der Waals surface area contributed by atoms with Crippen molar-refractivity contribution in [2.45, 2.75) is 36.8 Å². The van der Waals surface area contributed by atoms with Crippen LogP contribution in [0.15, 0.2) is 66.7 Å². The van der Waals surface area contributed by atoms with Crippen molar-refractivity contribution in [3.05, 3.63) is 94.3 Å². The van der Waals surface area contributed by atoms with E-state index in [4.69, 9.17) is 17.3 Å². The molecule has 7 nitrogen and oxygen atoms in total. The fraction of sp³-hybridized carbons (Fsp3) is 0.250. The van der Waals surface area contributed by atoms with Crippen LogP contribution in [0.1, 0.15) is 41.9 Å². The summed E-state index contributed by atoms with van der Waals surface area (Å²) in [6, 6.07) is 19.4. The fourth-order valence-corrected chi connectivity index (χ4v) is 5.10. The summed E-state index contributed by atoms with van der Waals surface area (Å²) in [5.41, 5.74) is 8.76. The molecule has 37 heavy (non-hydrogen) atoms. The molecule has 188 valence electrons. The number of nitrogens with two attached hydrogens (primary N) is 1. The van der Waals surface area contributed by atoms with Crippen molar-refractivity contribution in [3.63, 3.8) is 0 Å². The second-order valence-electron chi connectivity index (χ2n) is 9.51. The number of rotatable bonds is 5. The van der Waals surface area contributed by atoms with Crippen LogP contribution in [0.25, 0.3) is 0 Å². The molecule has 0 aromatic heterocycles. The van der Waals surface area contributed by atoms with E-state index < -0.39 is 29.3 Å². The molecule has 2 fully saturated rings. The zero-order valence-electron chi connectivity index (χ0n) is 19.9. The maximum atomic E-state index is 14.7. The number of nitrogens with zero attached hydrogens (tertiary/aromatic N) is 2. The van der Waals surface area contributed by atoms with Gasteiger partial charge in [-0.15, -0.1) is 0 Å². The Labute approximate surface area is 219 Å². The van der Waals surface area contributed by atoms with E-state index in [2.05, 4.69) is 16.7 Å². The Morgan fingerprint density at radius 3 is 2.65 bits per heavy atom. The monoisotopic (exact) mass is 517 g/mol. The van der Waals surface area contributed by atoms with Gasteiger partial charge in [0.25, 0.3) is 0 Å². The highest BCUT2D eigenvalue weighted by atomic mass is 35.5. The first-order valence-electron chi connectivity index (χ1n) is 12.0. The lowest BCUT2D eigenvalue weighted by Crippen LogP contribution is -2.45. The van der Waals surface area contributed by atoms with Gasteiger partial charge in [-0.1, -0.05) is 29.8 Å². The van der Waals surface area contributed by atoms with Gasteiger partial charge in [0.2, 0.25) is 5.91 Å². The molecule has 1 saturated heterocycles. The van der Waals surface area contributed by atoms with E-state index in [1.54, 1.807) is 54.6 Å². The predicted octanol–water partition coefficient (Wildman–Crippen LogP) is 5.33. The molecule has 4 N–H and O–H groups in total. The van der Waals surface area contributed by atoms with Gasteiger partial charge >= 0.3 is 6.03 Å². The van der Waals surface area contributed by atoms with Crippen LogP contribution >= 0.6 is 11.6 Å². The quantitative estimate of drug-likeness (QED) is 0.425. The largest absolute Gasteiger partial charge is 0.322 e. The molecular weight excluding hydrogens is 493 g/mol. The summed E-state index contributed by atoms with van der Waals surface area (Å²) in [4.78, 5) is 27.4. The smallest absolute Gasteiger partial charge is 0.322 e. The average molecular weight is 518 g/mol. The number of anilines is 2. The molecule has 0 spiro atoms. The van der Waals surface area contributed by atoms with E-state index in [1.165, 1.54) is 11.0 Å². The van der Waals surface area contributed by atoms with Gasteiger partial charge in [-0.2, -0.15) is 5.26 Å². The van der Waals surface area contributed by atoms with Gasteiger partial charge in [0.15, 0.2) is 0 Å². The van der Waals surface area contributed by atoms with Crippen LogP contribution < -0.4 is 16.4 Å². The molecule has 1 heterocycles. The minimum Gasteiger partial charge on any atom is -0.322 e. The summed E-state index contributed by atoms with van der Waals surface area (Å²) >= 11 is 5.90. The SMILES string of the molecule is N#Cc1cccc(C2(N)CC2c2ccc(F)c(NC(=O)[C@@H]3CCCN3C(=O)Nc3ccc(Cl)cc3)c2)c1. The normalized spacial score (nSPS) is 22.3. The molecule has 0 radical (unpaired) electrons. The molecule has 3 atom stereocenters. The average Bonchev–Trinajstić information content (AvgIpc) is 3.35. The van der Waals surface area contributed by atoms with E-state index in [-0.39, 0.29) is 11.6 Å². The number of benzene rings is 3. The van der Waals surface area contributed by atoms with Crippen molar-refractivity contribution >= 4 is 34.9 Å². The summed E-state index contributed by atoms with van der Waals surface area (Å²) in [6.07, 6.45) is 1.78. The minimum atomic E-state index is -0.724. The Bertz CT molecular complexity index is 1410. The highest BCUT2D eigenvalue weighted by Gasteiger charge is 2.53. The lowest BCUT2D eigenvalue weighted by Gasteiger charge is -2.24. The van der Waals surface area contributed by atoms with Gasteiger partial charge in [-0.05, 0) is 78.9 Å². The maximum absolute atomic E-state index is 14.7. The summed E-state index contributed by atoms with van der Waals surface area (Å²) < 4.78 is 14.7. The Morgan fingerprint density at radius 1 is 1.11 bits per heavy atom. The van der Waals surface area contributed by atoms with E-state index in [0.29, 0.717) is 42.1 Å². The number of urea groups is 1. The van der Waals surface area contributed by atoms with Crippen LogP contribution in [0.4, 0.5) is 20.6 Å². The molecule has 3 amide bonds. The Kier molecular flexibility index (Phi) is 6.59. The summed E-state index contributed by atoms with van der Waals surface area (Å²) in [6.45, 7) is 0.416. The maximum Gasteiger partial charge on any atom is 0.322 e. The Hall–Kier alpha value is -3.93. The van der Waals surface area contributed by atoms with Crippen molar-refractivity contribution in [2.75, 3.05) is 17.2 Å². The molecule has 5 rings (SSSR count). The summed E-state index contributed by atoms with van der Waals surface area (Å²) in [5, 5.41) is 15.2. The van der Waals surface area contributed by atoms with Gasteiger partial charge in [-0.25, -0.2) is 9.18 Å². The number of amides is 3. The zero-order valence-corrected chi connectivity index (χ0v) is 20.6. The Morgan fingerprint density at radius 2 is 1.89 bits per heavy atom. The number of halogens is 2. The van der Waals surface area contributed by atoms with Crippen LogP contribution in [0.3, 0.4) is 0 Å². The van der Waals surface area contributed by atoms with Gasteiger partial charge < -0.3 is 21.3 Å². The second-order valence-corrected chi connectivity index (χ2v) is 9.94. The first kappa shape index (κ1) is 24.8. The summed E-state index contributed by atoms with van der Waals surface area (Å²) in [5.74, 6) is -1.09.